The van der Waals surface area contributed by atoms with Crippen molar-refractivity contribution in [2.75, 3.05) is 19.8 Å². The van der Waals surface area contributed by atoms with Crippen molar-refractivity contribution >= 4 is 0 Å². The first kappa shape index (κ1) is 15.7. The summed E-state index contributed by atoms with van der Waals surface area (Å²) in [5, 5.41) is 0. The first-order valence-electron chi connectivity index (χ1n) is 6.23. The van der Waals surface area contributed by atoms with Gasteiger partial charge in [0.15, 0.2) is 0 Å². The van der Waals surface area contributed by atoms with Crippen LogP contribution < -0.4 is 5.73 Å². The Bertz CT molecular complexity index is 257. The van der Waals surface area contributed by atoms with E-state index in [1.165, 1.54) is 0 Å². The first-order chi connectivity index (χ1) is 8.18. The zero-order valence-electron chi connectivity index (χ0n) is 11.0. The van der Waals surface area contributed by atoms with Gasteiger partial charge >= 0.3 is 6.36 Å². The van der Waals surface area contributed by atoms with Crippen LogP contribution in [0.25, 0.3) is 0 Å². The van der Waals surface area contributed by atoms with Gasteiger partial charge in [-0.25, -0.2) is 0 Å². The third-order valence-electron chi connectivity index (χ3n) is 3.64. The van der Waals surface area contributed by atoms with Gasteiger partial charge in [-0.1, -0.05) is 13.8 Å². The van der Waals surface area contributed by atoms with E-state index in [1.807, 2.05) is 0 Å². The first-order valence-corrected chi connectivity index (χ1v) is 6.23. The normalized spacial score (nSPS) is 23.0. The van der Waals surface area contributed by atoms with E-state index in [0.29, 0.717) is 6.54 Å². The lowest BCUT2D eigenvalue weighted by atomic mass is 9.71. The summed E-state index contributed by atoms with van der Waals surface area (Å²) in [4.78, 5) is 0. The zero-order chi connectivity index (χ0) is 13.9. The fourth-order valence-electron chi connectivity index (χ4n) is 2.21. The van der Waals surface area contributed by atoms with Crippen molar-refractivity contribution in [3.63, 3.8) is 0 Å². The molecule has 1 aliphatic carbocycles. The molecule has 6 heteroatoms. The molecule has 1 fully saturated rings. The Labute approximate surface area is 106 Å². The number of alkyl halides is 3. The van der Waals surface area contributed by atoms with Gasteiger partial charge < -0.3 is 10.5 Å². The van der Waals surface area contributed by atoms with Crippen LogP contribution in [-0.2, 0) is 9.47 Å². The second kappa shape index (κ2) is 5.75. The smallest absolute Gasteiger partial charge is 0.371 e. The van der Waals surface area contributed by atoms with Crippen LogP contribution in [0, 0.1) is 5.41 Å². The van der Waals surface area contributed by atoms with Crippen molar-refractivity contribution in [1.82, 2.24) is 0 Å². The van der Waals surface area contributed by atoms with Gasteiger partial charge in [0, 0.05) is 6.54 Å². The number of nitrogens with two attached hydrogens (primary N) is 1. The van der Waals surface area contributed by atoms with Crippen LogP contribution >= 0.6 is 0 Å². The van der Waals surface area contributed by atoms with Gasteiger partial charge in [0.2, 0.25) is 0 Å². The standard InChI is InChI=1S/C12H22F3NO2/c1-10(2)3-5-11(9-16,6-4-10)17-7-8-18-12(13,14)15/h3-9,16H2,1-2H3. The molecule has 0 spiro atoms. The molecule has 0 saturated heterocycles. The Kier molecular flexibility index (Phi) is 5.03. The van der Waals surface area contributed by atoms with Gasteiger partial charge in [-0.3, -0.25) is 4.74 Å². The molecule has 0 aromatic heterocycles. The van der Waals surface area contributed by atoms with E-state index in [2.05, 4.69) is 18.6 Å². The second-order valence-electron chi connectivity index (χ2n) is 5.69. The molecule has 0 atom stereocenters. The van der Waals surface area contributed by atoms with Crippen molar-refractivity contribution in [3.05, 3.63) is 0 Å². The lowest BCUT2D eigenvalue weighted by Gasteiger charge is -2.42. The van der Waals surface area contributed by atoms with Crippen LogP contribution in [0.3, 0.4) is 0 Å². The van der Waals surface area contributed by atoms with Gasteiger partial charge in [0.1, 0.15) is 0 Å². The number of hydrogen-bond donors (Lipinski definition) is 1. The molecule has 0 unspecified atom stereocenters. The highest BCUT2D eigenvalue weighted by molar-refractivity contribution is 4.91. The summed E-state index contributed by atoms with van der Waals surface area (Å²) in [7, 11) is 0. The van der Waals surface area contributed by atoms with Crippen molar-refractivity contribution in [2.45, 2.75) is 51.5 Å². The maximum Gasteiger partial charge on any atom is 0.522 e. The number of ether oxygens (including phenoxy) is 2. The topological polar surface area (TPSA) is 44.5 Å². The molecule has 0 heterocycles. The van der Waals surface area contributed by atoms with Gasteiger partial charge in [0.05, 0.1) is 18.8 Å². The summed E-state index contributed by atoms with van der Waals surface area (Å²) < 4.78 is 44.6. The van der Waals surface area contributed by atoms with Gasteiger partial charge in [0.25, 0.3) is 0 Å². The van der Waals surface area contributed by atoms with E-state index in [4.69, 9.17) is 10.5 Å². The van der Waals surface area contributed by atoms with E-state index in [-0.39, 0.29) is 12.0 Å². The highest BCUT2D eigenvalue weighted by Crippen LogP contribution is 2.41. The summed E-state index contributed by atoms with van der Waals surface area (Å²) >= 11 is 0. The Hall–Kier alpha value is -0.330. The number of hydrogen-bond acceptors (Lipinski definition) is 3. The molecule has 0 radical (unpaired) electrons. The van der Waals surface area contributed by atoms with Gasteiger partial charge in [-0.2, -0.15) is 0 Å². The zero-order valence-corrected chi connectivity index (χ0v) is 11.0. The van der Waals surface area contributed by atoms with Crippen LogP contribution in [0.4, 0.5) is 13.2 Å². The fourth-order valence-corrected chi connectivity index (χ4v) is 2.21. The van der Waals surface area contributed by atoms with Crippen molar-refractivity contribution in [2.24, 2.45) is 11.1 Å². The minimum absolute atomic E-state index is 0.0723. The molecule has 0 bridgehead atoms. The Balaban J connectivity index is 2.34. The Morgan fingerprint density at radius 2 is 1.61 bits per heavy atom. The Morgan fingerprint density at radius 3 is 2.06 bits per heavy atom. The van der Waals surface area contributed by atoms with Gasteiger partial charge in [-0.05, 0) is 31.1 Å². The molecular formula is C12H22F3NO2. The summed E-state index contributed by atoms with van der Waals surface area (Å²) in [5.74, 6) is 0. The lowest BCUT2D eigenvalue weighted by molar-refractivity contribution is -0.328. The van der Waals surface area contributed by atoms with Crippen molar-refractivity contribution < 1.29 is 22.6 Å². The summed E-state index contributed by atoms with van der Waals surface area (Å²) in [6, 6.07) is 0. The van der Waals surface area contributed by atoms with Gasteiger partial charge in [-0.15, -0.1) is 13.2 Å². The quantitative estimate of drug-likeness (QED) is 0.780. The summed E-state index contributed by atoms with van der Waals surface area (Å²) in [5.41, 5.74) is 5.51. The minimum atomic E-state index is -4.59. The van der Waals surface area contributed by atoms with Crippen molar-refractivity contribution in [1.29, 1.82) is 0 Å². The minimum Gasteiger partial charge on any atom is -0.371 e. The maximum absolute atomic E-state index is 11.8. The lowest BCUT2D eigenvalue weighted by Crippen LogP contribution is -2.46. The molecule has 3 nitrogen and oxygen atoms in total. The largest absolute Gasteiger partial charge is 0.522 e. The molecule has 108 valence electrons. The molecular weight excluding hydrogens is 247 g/mol. The third-order valence-corrected chi connectivity index (χ3v) is 3.64. The molecule has 0 aromatic carbocycles. The molecule has 1 rings (SSSR count). The molecule has 1 aliphatic rings. The van der Waals surface area contributed by atoms with E-state index in [0.717, 1.165) is 25.7 Å². The maximum atomic E-state index is 11.8. The highest BCUT2D eigenvalue weighted by Gasteiger charge is 2.38. The van der Waals surface area contributed by atoms with E-state index < -0.39 is 18.6 Å². The monoisotopic (exact) mass is 269 g/mol. The molecule has 18 heavy (non-hydrogen) atoms. The SMILES string of the molecule is CC1(C)CCC(CN)(OCCOC(F)(F)F)CC1. The highest BCUT2D eigenvalue weighted by atomic mass is 19.4. The fraction of sp³-hybridized carbons (Fsp3) is 1.00. The predicted octanol–water partition coefficient (Wildman–Crippen LogP) is 2.84. The molecule has 1 saturated carbocycles. The predicted molar refractivity (Wildman–Crippen MR) is 62.0 cm³/mol. The average Bonchev–Trinajstić information content (AvgIpc) is 2.26. The summed E-state index contributed by atoms with van der Waals surface area (Å²) in [6.07, 6.45) is -1.05. The molecule has 0 aromatic rings. The number of halogens is 3. The van der Waals surface area contributed by atoms with E-state index >= 15 is 0 Å². The van der Waals surface area contributed by atoms with Crippen LogP contribution in [0.1, 0.15) is 39.5 Å². The molecule has 2 N–H and O–H groups in total. The second-order valence-corrected chi connectivity index (χ2v) is 5.69. The third kappa shape index (κ3) is 5.12. The van der Waals surface area contributed by atoms with Crippen LogP contribution in [0.15, 0.2) is 0 Å². The van der Waals surface area contributed by atoms with E-state index in [9.17, 15) is 13.2 Å². The molecule has 0 aliphatic heterocycles. The Morgan fingerprint density at radius 1 is 1.06 bits per heavy atom. The number of rotatable bonds is 5. The van der Waals surface area contributed by atoms with Crippen molar-refractivity contribution in [3.8, 4) is 0 Å². The molecule has 0 amide bonds. The van der Waals surface area contributed by atoms with Crippen LogP contribution in [0.5, 0.6) is 0 Å². The summed E-state index contributed by atoms with van der Waals surface area (Å²) in [6.45, 7) is 4.15. The van der Waals surface area contributed by atoms with E-state index in [1.54, 1.807) is 0 Å². The van der Waals surface area contributed by atoms with Crippen LogP contribution in [0.2, 0.25) is 0 Å². The van der Waals surface area contributed by atoms with Crippen LogP contribution in [-0.4, -0.2) is 31.7 Å². The average molecular weight is 269 g/mol.